The largest absolute Gasteiger partial charge is 0.422 e. The summed E-state index contributed by atoms with van der Waals surface area (Å²) in [6.07, 6.45) is 2.98. The van der Waals surface area contributed by atoms with Crippen LogP contribution in [0.15, 0.2) is 36.7 Å². The van der Waals surface area contributed by atoms with Crippen LogP contribution in [0, 0.1) is 0 Å². The lowest BCUT2D eigenvalue weighted by molar-refractivity contribution is 0.0924. The Labute approximate surface area is 121 Å². The van der Waals surface area contributed by atoms with Gasteiger partial charge in [-0.05, 0) is 12.1 Å². The summed E-state index contributed by atoms with van der Waals surface area (Å²) in [4.78, 5) is 33.6. The predicted octanol–water partition coefficient (Wildman–Crippen LogP) is 0.602. The summed E-state index contributed by atoms with van der Waals surface area (Å²) in [6, 6.07) is 6.66. The summed E-state index contributed by atoms with van der Waals surface area (Å²) in [5.74, 6) is -0.759. The highest BCUT2D eigenvalue weighted by molar-refractivity contribution is 6.34. The van der Waals surface area contributed by atoms with Gasteiger partial charge in [0.1, 0.15) is 0 Å². The SMILES string of the molecule is COBNc1cnc(N2C(=O)c3ccccc3C2=O)nc1. The number of rotatable bonds is 4. The number of nitrogens with zero attached hydrogens (tertiary/aromatic N) is 3. The Bertz CT molecular complexity index is 670. The third kappa shape index (κ3) is 2.25. The molecule has 1 aliphatic heterocycles. The molecule has 1 aromatic heterocycles. The molecule has 0 fully saturated rings. The van der Waals surface area contributed by atoms with Gasteiger partial charge in [0.15, 0.2) is 0 Å². The van der Waals surface area contributed by atoms with E-state index in [-0.39, 0.29) is 5.95 Å². The molecule has 2 aromatic rings. The molecule has 0 aliphatic carbocycles. The lowest BCUT2D eigenvalue weighted by Crippen LogP contribution is -2.31. The van der Waals surface area contributed by atoms with Crippen molar-refractivity contribution in [3.8, 4) is 0 Å². The Morgan fingerprint density at radius 2 is 1.67 bits per heavy atom. The molecule has 21 heavy (non-hydrogen) atoms. The topological polar surface area (TPSA) is 84.4 Å². The minimum absolute atomic E-state index is 0.0594. The maximum absolute atomic E-state index is 12.3. The lowest BCUT2D eigenvalue weighted by Gasteiger charge is -2.11. The predicted molar refractivity (Wildman–Crippen MR) is 77.4 cm³/mol. The van der Waals surface area contributed by atoms with E-state index in [1.807, 2.05) is 0 Å². The van der Waals surface area contributed by atoms with Crippen molar-refractivity contribution in [3.63, 3.8) is 0 Å². The zero-order valence-corrected chi connectivity index (χ0v) is 11.2. The van der Waals surface area contributed by atoms with Crippen LogP contribution in [0.25, 0.3) is 0 Å². The average molecular weight is 282 g/mol. The van der Waals surface area contributed by atoms with Crippen molar-refractivity contribution < 1.29 is 14.2 Å². The molecule has 0 atom stereocenters. The molecule has 104 valence electrons. The highest BCUT2D eigenvalue weighted by atomic mass is 16.4. The molecule has 8 heteroatoms. The third-order valence-electron chi connectivity index (χ3n) is 3.05. The highest BCUT2D eigenvalue weighted by Gasteiger charge is 2.37. The molecule has 7 nitrogen and oxygen atoms in total. The zero-order valence-electron chi connectivity index (χ0n) is 11.2. The van der Waals surface area contributed by atoms with E-state index in [2.05, 4.69) is 15.2 Å². The Morgan fingerprint density at radius 1 is 1.10 bits per heavy atom. The number of benzene rings is 1. The number of imide groups is 1. The van der Waals surface area contributed by atoms with Gasteiger partial charge in [-0.25, -0.2) is 14.9 Å². The quantitative estimate of drug-likeness (QED) is 0.653. The molecule has 1 aromatic carbocycles. The van der Waals surface area contributed by atoms with Crippen LogP contribution in [-0.4, -0.2) is 36.5 Å². The molecule has 2 heterocycles. The van der Waals surface area contributed by atoms with Gasteiger partial charge in [0, 0.05) is 7.11 Å². The fourth-order valence-electron chi connectivity index (χ4n) is 2.05. The molecular formula is C13H11BN4O3. The summed E-state index contributed by atoms with van der Waals surface area (Å²) in [6.45, 7) is 0. The smallest absolute Gasteiger partial charge is 0.394 e. The minimum atomic E-state index is -0.409. The van der Waals surface area contributed by atoms with Crippen LogP contribution in [0.3, 0.4) is 0 Å². The molecule has 0 saturated carbocycles. The first-order valence-corrected chi connectivity index (χ1v) is 6.25. The Morgan fingerprint density at radius 3 is 2.19 bits per heavy atom. The molecule has 2 amide bonds. The van der Waals surface area contributed by atoms with Crippen molar-refractivity contribution in [1.82, 2.24) is 9.97 Å². The minimum Gasteiger partial charge on any atom is -0.422 e. The summed E-state index contributed by atoms with van der Waals surface area (Å²) < 4.78 is 4.87. The fourth-order valence-corrected chi connectivity index (χ4v) is 2.05. The molecular weight excluding hydrogens is 271 g/mol. The first kappa shape index (κ1) is 13.3. The van der Waals surface area contributed by atoms with Gasteiger partial charge in [-0.3, -0.25) is 9.59 Å². The van der Waals surface area contributed by atoms with Gasteiger partial charge in [0.2, 0.25) is 5.95 Å². The molecule has 3 rings (SSSR count). The van der Waals surface area contributed by atoms with Gasteiger partial charge in [-0.2, -0.15) is 0 Å². The van der Waals surface area contributed by atoms with E-state index in [0.29, 0.717) is 24.4 Å². The van der Waals surface area contributed by atoms with Gasteiger partial charge < -0.3 is 9.88 Å². The molecule has 0 unspecified atom stereocenters. The van der Waals surface area contributed by atoms with Crippen LogP contribution >= 0.6 is 0 Å². The van der Waals surface area contributed by atoms with E-state index < -0.39 is 11.8 Å². The van der Waals surface area contributed by atoms with Crippen molar-refractivity contribution in [3.05, 3.63) is 47.8 Å². The van der Waals surface area contributed by atoms with E-state index in [1.54, 1.807) is 31.4 Å². The fraction of sp³-hybridized carbons (Fsp3) is 0.0769. The third-order valence-corrected chi connectivity index (χ3v) is 3.05. The van der Waals surface area contributed by atoms with Gasteiger partial charge in [0.25, 0.3) is 11.8 Å². The second-order valence-corrected chi connectivity index (χ2v) is 4.37. The molecule has 1 N–H and O–H groups in total. The Kier molecular flexibility index (Phi) is 3.37. The van der Waals surface area contributed by atoms with E-state index in [4.69, 9.17) is 4.65 Å². The second-order valence-electron chi connectivity index (χ2n) is 4.37. The standard InChI is InChI=1S/C13H11BN4O3/c1-21-14-17-8-6-15-13(16-7-8)18-11(19)9-4-2-3-5-10(9)12(18)20/h2-7,14,17H,1H3. The van der Waals surface area contributed by atoms with Crippen LogP contribution in [0.1, 0.15) is 20.7 Å². The van der Waals surface area contributed by atoms with Gasteiger partial charge >= 0.3 is 7.62 Å². The maximum Gasteiger partial charge on any atom is 0.394 e. The van der Waals surface area contributed by atoms with Crippen LogP contribution in [0.4, 0.5) is 11.6 Å². The van der Waals surface area contributed by atoms with Crippen molar-refractivity contribution in [1.29, 1.82) is 0 Å². The lowest BCUT2D eigenvalue weighted by atomic mass is 10.1. The molecule has 0 saturated heterocycles. The summed E-state index contributed by atoms with van der Waals surface area (Å²) in [7, 11) is 1.87. The first-order valence-electron chi connectivity index (χ1n) is 6.25. The van der Waals surface area contributed by atoms with E-state index in [0.717, 1.165) is 4.90 Å². The summed E-state index contributed by atoms with van der Waals surface area (Å²) in [5.41, 5.74) is 1.37. The number of hydrogen-bond acceptors (Lipinski definition) is 6. The van der Waals surface area contributed by atoms with Gasteiger partial charge in [-0.15, -0.1) is 0 Å². The maximum atomic E-state index is 12.3. The molecule has 0 spiro atoms. The molecule has 0 bridgehead atoms. The Balaban J connectivity index is 1.88. The van der Waals surface area contributed by atoms with E-state index in [9.17, 15) is 9.59 Å². The monoisotopic (exact) mass is 282 g/mol. The zero-order chi connectivity index (χ0) is 14.8. The van der Waals surface area contributed by atoms with Crippen molar-refractivity contribution >= 4 is 31.1 Å². The van der Waals surface area contributed by atoms with Gasteiger partial charge in [-0.1, -0.05) is 12.1 Å². The second kappa shape index (κ2) is 5.33. The van der Waals surface area contributed by atoms with Gasteiger partial charge in [0.05, 0.1) is 29.2 Å². The van der Waals surface area contributed by atoms with Crippen LogP contribution in [0.5, 0.6) is 0 Å². The van der Waals surface area contributed by atoms with Crippen molar-refractivity contribution in [2.24, 2.45) is 0 Å². The van der Waals surface area contributed by atoms with Crippen molar-refractivity contribution in [2.45, 2.75) is 0 Å². The number of carbonyl (C=O) groups is 2. The normalized spacial score (nSPS) is 13.3. The number of nitrogens with one attached hydrogen (secondary N) is 1. The summed E-state index contributed by atoms with van der Waals surface area (Å²) >= 11 is 0. The highest BCUT2D eigenvalue weighted by Crippen LogP contribution is 2.25. The number of amides is 2. The number of aromatic nitrogens is 2. The molecule has 0 radical (unpaired) electrons. The summed E-state index contributed by atoms with van der Waals surface area (Å²) in [5, 5.41) is 2.92. The van der Waals surface area contributed by atoms with Crippen LogP contribution in [0.2, 0.25) is 0 Å². The number of fused-ring (bicyclic) bond motifs is 1. The number of carbonyl (C=O) groups excluding carboxylic acids is 2. The molecule has 1 aliphatic rings. The first-order chi connectivity index (χ1) is 10.2. The average Bonchev–Trinajstić information content (AvgIpc) is 2.78. The van der Waals surface area contributed by atoms with Crippen molar-refractivity contribution in [2.75, 3.05) is 17.2 Å². The number of anilines is 2. The van der Waals surface area contributed by atoms with Crippen LogP contribution in [-0.2, 0) is 4.65 Å². The Hall–Kier alpha value is -2.74. The number of hydrogen-bond donors (Lipinski definition) is 1. The van der Waals surface area contributed by atoms with Crippen LogP contribution < -0.4 is 10.1 Å². The van der Waals surface area contributed by atoms with E-state index >= 15 is 0 Å². The van der Waals surface area contributed by atoms with E-state index in [1.165, 1.54) is 12.4 Å².